The Morgan fingerprint density at radius 3 is 1.00 bits per heavy atom. The number of hydrogen-bond donors (Lipinski definition) is 0. The summed E-state index contributed by atoms with van der Waals surface area (Å²) in [6, 6.07) is 0. The van der Waals surface area contributed by atoms with Crippen LogP contribution in [0, 0.1) is 0 Å². The molecule has 0 heterocycles. The van der Waals surface area contributed by atoms with Crippen LogP contribution in [0.1, 0.15) is 0 Å². The fourth-order valence-corrected chi connectivity index (χ4v) is 14.8. The fraction of sp³-hybridized carbons (Fsp3) is 1.00. The van der Waals surface area contributed by atoms with Crippen molar-refractivity contribution in [3.63, 3.8) is 0 Å². The quantitative estimate of drug-likeness (QED) is 0.693. The van der Waals surface area contributed by atoms with E-state index in [9.17, 15) is 0 Å². The first-order chi connectivity index (χ1) is 4.35. The third-order valence-electron chi connectivity index (χ3n) is 1.65. The standard InChI is InChI=1S/C6H12Se3/c1-7-4-5(8-2)6(4)9-3/h4-6H,1-3H3. The molecule has 1 aliphatic rings. The summed E-state index contributed by atoms with van der Waals surface area (Å²) in [4.78, 5) is 3.65. The van der Waals surface area contributed by atoms with Gasteiger partial charge in [0.25, 0.3) is 0 Å². The molecular weight excluding hydrogens is 309 g/mol. The van der Waals surface area contributed by atoms with E-state index in [1.54, 1.807) is 0 Å². The Bertz CT molecular complexity index is 69.3. The van der Waals surface area contributed by atoms with Crippen molar-refractivity contribution in [3.8, 4) is 0 Å². The average Bonchev–Trinajstić information content (AvgIpc) is 2.59. The Balaban J connectivity index is 2.26. The molecule has 0 aromatic rings. The summed E-state index contributed by atoms with van der Waals surface area (Å²) < 4.78 is 0. The van der Waals surface area contributed by atoms with Gasteiger partial charge < -0.3 is 0 Å². The minimum atomic E-state index is 0.963. The zero-order valence-electron chi connectivity index (χ0n) is 5.96. The van der Waals surface area contributed by atoms with Crippen LogP contribution in [0.3, 0.4) is 0 Å². The van der Waals surface area contributed by atoms with Crippen LogP contribution in [-0.4, -0.2) is 44.9 Å². The van der Waals surface area contributed by atoms with Gasteiger partial charge in [-0.15, -0.1) is 0 Å². The molecule has 0 amide bonds. The zero-order valence-corrected chi connectivity index (χ0v) is 11.1. The van der Waals surface area contributed by atoms with E-state index < -0.39 is 0 Å². The van der Waals surface area contributed by atoms with Crippen LogP contribution >= 0.6 is 0 Å². The van der Waals surface area contributed by atoms with Crippen LogP contribution in [0.25, 0.3) is 0 Å². The van der Waals surface area contributed by atoms with Crippen molar-refractivity contribution in [1.29, 1.82) is 0 Å². The second-order valence-electron chi connectivity index (χ2n) is 2.10. The molecule has 0 nitrogen and oxygen atoms in total. The van der Waals surface area contributed by atoms with E-state index in [-0.39, 0.29) is 0 Å². The van der Waals surface area contributed by atoms with E-state index in [0.717, 1.165) is 44.9 Å². The van der Waals surface area contributed by atoms with E-state index >= 15 is 0 Å². The number of rotatable bonds is 3. The predicted octanol–water partition coefficient (Wildman–Crippen LogP) is 1.62. The van der Waals surface area contributed by atoms with Crippen molar-refractivity contribution >= 4 is 44.9 Å². The molecule has 1 saturated carbocycles. The van der Waals surface area contributed by atoms with Gasteiger partial charge in [-0.05, 0) is 0 Å². The third kappa shape index (κ3) is 1.77. The van der Waals surface area contributed by atoms with Gasteiger partial charge >= 0.3 is 76.8 Å². The molecule has 0 radical (unpaired) electrons. The molecule has 0 saturated heterocycles. The number of hydrogen-bond acceptors (Lipinski definition) is 0. The van der Waals surface area contributed by atoms with Crippen LogP contribution in [0.4, 0.5) is 0 Å². The van der Waals surface area contributed by atoms with Gasteiger partial charge in [0.15, 0.2) is 0 Å². The van der Waals surface area contributed by atoms with E-state index in [1.807, 2.05) is 0 Å². The Kier molecular flexibility index (Phi) is 3.66. The van der Waals surface area contributed by atoms with Crippen LogP contribution < -0.4 is 0 Å². The molecule has 0 aromatic heterocycles. The summed E-state index contributed by atoms with van der Waals surface area (Å²) in [6.45, 7) is 0. The molecule has 0 bridgehead atoms. The van der Waals surface area contributed by atoms with Gasteiger partial charge in [-0.1, -0.05) is 0 Å². The van der Waals surface area contributed by atoms with E-state index in [4.69, 9.17) is 0 Å². The van der Waals surface area contributed by atoms with Crippen LogP contribution in [-0.2, 0) is 0 Å². The van der Waals surface area contributed by atoms with Gasteiger partial charge in [0.05, 0.1) is 0 Å². The molecule has 9 heavy (non-hydrogen) atoms. The third-order valence-corrected chi connectivity index (χ3v) is 11.4. The minimum absolute atomic E-state index is 0.963. The van der Waals surface area contributed by atoms with Crippen molar-refractivity contribution in [2.24, 2.45) is 0 Å². The van der Waals surface area contributed by atoms with Gasteiger partial charge in [-0.25, -0.2) is 0 Å². The summed E-state index contributed by atoms with van der Waals surface area (Å²) in [7, 11) is 0. The second kappa shape index (κ2) is 3.81. The van der Waals surface area contributed by atoms with Crippen LogP contribution in [0.15, 0.2) is 0 Å². The first-order valence-electron chi connectivity index (χ1n) is 2.93. The maximum atomic E-state index is 2.40. The summed E-state index contributed by atoms with van der Waals surface area (Å²) in [5.74, 6) is 7.21. The Hall–Kier alpha value is 1.56. The van der Waals surface area contributed by atoms with Crippen molar-refractivity contribution in [2.75, 3.05) is 0 Å². The SMILES string of the molecule is C[Se]C1C([Se]C)C1[Se]C. The molecule has 0 aliphatic heterocycles. The van der Waals surface area contributed by atoms with E-state index in [2.05, 4.69) is 17.5 Å². The van der Waals surface area contributed by atoms with Crippen molar-refractivity contribution in [2.45, 2.75) is 31.9 Å². The van der Waals surface area contributed by atoms with Gasteiger partial charge in [0, 0.05) is 0 Å². The van der Waals surface area contributed by atoms with Crippen LogP contribution in [0.5, 0.6) is 0 Å². The zero-order chi connectivity index (χ0) is 6.85. The maximum absolute atomic E-state index is 2.40. The first-order valence-corrected chi connectivity index (χ1v) is 11.0. The monoisotopic (exact) mass is 324 g/mol. The van der Waals surface area contributed by atoms with Gasteiger partial charge in [-0.3, -0.25) is 0 Å². The molecule has 3 heteroatoms. The average molecular weight is 321 g/mol. The van der Waals surface area contributed by atoms with Gasteiger partial charge in [0.2, 0.25) is 0 Å². The summed E-state index contributed by atoms with van der Waals surface area (Å²) >= 11 is 2.89. The molecular formula is C6H12Se3. The molecule has 1 aliphatic carbocycles. The Morgan fingerprint density at radius 2 is 0.889 bits per heavy atom. The summed E-state index contributed by atoms with van der Waals surface area (Å²) in [6.07, 6.45) is 0. The van der Waals surface area contributed by atoms with E-state index in [0.29, 0.717) is 0 Å². The van der Waals surface area contributed by atoms with Gasteiger partial charge in [-0.2, -0.15) is 0 Å². The Morgan fingerprint density at radius 1 is 0.667 bits per heavy atom. The summed E-state index contributed by atoms with van der Waals surface area (Å²) in [5, 5.41) is 0. The molecule has 54 valence electrons. The molecule has 1 fully saturated rings. The fourth-order valence-electron chi connectivity index (χ4n) is 1.04. The topological polar surface area (TPSA) is 0 Å². The molecule has 0 aromatic carbocycles. The summed E-state index contributed by atoms with van der Waals surface area (Å²) in [5.41, 5.74) is 0. The van der Waals surface area contributed by atoms with Gasteiger partial charge in [0.1, 0.15) is 0 Å². The second-order valence-corrected chi connectivity index (χ2v) is 8.49. The molecule has 1 rings (SSSR count). The Labute approximate surface area is 76.4 Å². The van der Waals surface area contributed by atoms with E-state index in [1.165, 1.54) is 14.4 Å². The molecule has 0 N–H and O–H groups in total. The predicted molar refractivity (Wildman–Crippen MR) is 46.1 cm³/mol. The van der Waals surface area contributed by atoms with Crippen molar-refractivity contribution in [1.82, 2.24) is 0 Å². The van der Waals surface area contributed by atoms with Crippen LogP contribution in [0.2, 0.25) is 31.9 Å². The van der Waals surface area contributed by atoms with Crippen molar-refractivity contribution in [3.05, 3.63) is 0 Å². The molecule has 0 unspecified atom stereocenters. The molecule has 0 spiro atoms. The normalized spacial score (nSPS) is 41.0. The van der Waals surface area contributed by atoms with Crippen molar-refractivity contribution < 1.29 is 0 Å². The first kappa shape index (κ1) is 8.65. The molecule has 0 atom stereocenters.